The maximum Gasteiger partial charge on any atom is 0.270 e. The summed E-state index contributed by atoms with van der Waals surface area (Å²) in [7, 11) is 0. The zero-order chi connectivity index (χ0) is 20.1. The van der Waals surface area contributed by atoms with Crippen LogP contribution < -0.4 is 10.6 Å². The molecule has 2 N–H and O–H groups in total. The van der Waals surface area contributed by atoms with Crippen LogP contribution in [0.1, 0.15) is 26.4 Å². The zero-order valence-corrected chi connectivity index (χ0v) is 14.4. The van der Waals surface area contributed by atoms with E-state index in [1.54, 1.807) is 0 Å². The first-order chi connectivity index (χ1) is 13.4. The Balaban J connectivity index is 1.67. The third-order valence-corrected chi connectivity index (χ3v) is 3.80. The van der Waals surface area contributed by atoms with Crippen molar-refractivity contribution in [2.45, 2.75) is 6.54 Å². The van der Waals surface area contributed by atoms with E-state index in [9.17, 15) is 22.8 Å². The lowest BCUT2D eigenvalue weighted by Gasteiger charge is -2.08. The fourth-order valence-electron chi connectivity index (χ4n) is 2.36. The Morgan fingerprint density at radius 2 is 1.57 bits per heavy atom. The van der Waals surface area contributed by atoms with Gasteiger partial charge in [-0.3, -0.25) is 14.6 Å². The summed E-state index contributed by atoms with van der Waals surface area (Å²) in [5.74, 6) is -3.28. The van der Waals surface area contributed by atoms with Crippen LogP contribution in [-0.4, -0.2) is 16.8 Å². The molecule has 0 fully saturated rings. The van der Waals surface area contributed by atoms with Gasteiger partial charge < -0.3 is 10.6 Å². The smallest absolute Gasteiger partial charge is 0.270 e. The first-order valence-electron chi connectivity index (χ1n) is 8.17. The number of halogens is 3. The summed E-state index contributed by atoms with van der Waals surface area (Å²) >= 11 is 0. The summed E-state index contributed by atoms with van der Waals surface area (Å²) in [5, 5.41) is 4.92. The van der Waals surface area contributed by atoms with Crippen LogP contribution in [-0.2, 0) is 6.54 Å². The van der Waals surface area contributed by atoms with Crippen LogP contribution in [0.4, 0.5) is 18.9 Å². The average molecular weight is 385 g/mol. The Hall–Kier alpha value is -3.68. The van der Waals surface area contributed by atoms with Gasteiger partial charge in [-0.15, -0.1) is 0 Å². The largest absolute Gasteiger partial charge is 0.347 e. The van der Waals surface area contributed by atoms with E-state index in [1.807, 2.05) is 0 Å². The van der Waals surface area contributed by atoms with Gasteiger partial charge in [0.1, 0.15) is 23.1 Å². The minimum atomic E-state index is -0.917. The molecule has 0 radical (unpaired) electrons. The molecule has 0 unspecified atom stereocenters. The summed E-state index contributed by atoms with van der Waals surface area (Å²) in [6.45, 7) is 0.151. The van der Waals surface area contributed by atoms with Gasteiger partial charge in [-0.1, -0.05) is 12.1 Å². The minimum absolute atomic E-state index is 0.0191. The van der Waals surface area contributed by atoms with Crippen molar-refractivity contribution in [3.8, 4) is 0 Å². The van der Waals surface area contributed by atoms with Gasteiger partial charge >= 0.3 is 0 Å². The predicted molar refractivity (Wildman–Crippen MR) is 96.1 cm³/mol. The quantitative estimate of drug-likeness (QED) is 0.704. The second-order valence-corrected chi connectivity index (χ2v) is 5.82. The first-order valence-corrected chi connectivity index (χ1v) is 8.17. The summed E-state index contributed by atoms with van der Waals surface area (Å²) in [4.78, 5) is 28.4. The molecule has 0 bridgehead atoms. The van der Waals surface area contributed by atoms with Crippen molar-refractivity contribution in [2.24, 2.45) is 0 Å². The number of pyridine rings is 1. The number of aromatic nitrogens is 1. The highest BCUT2D eigenvalue weighted by Crippen LogP contribution is 2.16. The summed E-state index contributed by atoms with van der Waals surface area (Å²) in [6, 6.07) is 11.0. The maximum absolute atomic E-state index is 13.7. The summed E-state index contributed by atoms with van der Waals surface area (Å²) in [6.07, 6.45) is 1.27. The predicted octanol–water partition coefficient (Wildman–Crippen LogP) is 3.68. The number of nitrogens with one attached hydrogen (secondary N) is 2. The van der Waals surface area contributed by atoms with E-state index in [1.165, 1.54) is 42.6 Å². The molecule has 0 saturated carbocycles. The first kappa shape index (κ1) is 19.1. The molecule has 2 amide bonds. The lowest BCUT2D eigenvalue weighted by Crippen LogP contribution is -2.24. The van der Waals surface area contributed by atoms with Crippen molar-refractivity contribution in [3.63, 3.8) is 0 Å². The van der Waals surface area contributed by atoms with Crippen LogP contribution in [0.25, 0.3) is 0 Å². The van der Waals surface area contributed by atoms with Crippen molar-refractivity contribution in [1.29, 1.82) is 0 Å². The van der Waals surface area contributed by atoms with Gasteiger partial charge in [0.15, 0.2) is 0 Å². The molecule has 2 aromatic carbocycles. The maximum atomic E-state index is 13.7. The highest BCUT2D eigenvalue weighted by atomic mass is 19.1. The fourth-order valence-corrected chi connectivity index (χ4v) is 2.36. The number of carbonyl (C=O) groups is 2. The standard InChI is InChI=1S/C20H14F3N3O2/c21-14-3-1-12(2-4-14)11-25-20(28)18-9-13(7-8-24-18)19(27)26-17-6-5-15(22)10-16(17)23/h1-10H,11H2,(H,25,28)(H,26,27). The number of anilines is 1. The Morgan fingerprint density at radius 1 is 0.857 bits per heavy atom. The van der Waals surface area contributed by atoms with Gasteiger partial charge in [0.05, 0.1) is 5.69 Å². The molecule has 0 atom stereocenters. The molecule has 1 aromatic heterocycles. The van der Waals surface area contributed by atoms with Crippen LogP contribution in [0.3, 0.4) is 0 Å². The normalized spacial score (nSPS) is 10.4. The van der Waals surface area contributed by atoms with Gasteiger partial charge in [0.25, 0.3) is 11.8 Å². The number of rotatable bonds is 5. The van der Waals surface area contributed by atoms with Crippen molar-refractivity contribution < 1.29 is 22.8 Å². The van der Waals surface area contributed by atoms with Crippen LogP contribution in [0.15, 0.2) is 60.8 Å². The van der Waals surface area contributed by atoms with Crippen molar-refractivity contribution in [1.82, 2.24) is 10.3 Å². The Morgan fingerprint density at radius 3 is 2.29 bits per heavy atom. The summed E-state index contributed by atoms with van der Waals surface area (Å²) in [5.41, 5.74) is 0.556. The van der Waals surface area contributed by atoms with Gasteiger partial charge in [-0.05, 0) is 42.0 Å². The highest BCUT2D eigenvalue weighted by Gasteiger charge is 2.14. The second kappa shape index (κ2) is 8.34. The Kier molecular flexibility index (Phi) is 5.69. The summed E-state index contributed by atoms with van der Waals surface area (Å²) < 4.78 is 39.5. The van der Waals surface area contributed by atoms with Crippen molar-refractivity contribution >= 4 is 17.5 Å². The number of hydrogen-bond donors (Lipinski definition) is 2. The van der Waals surface area contributed by atoms with Crippen LogP contribution >= 0.6 is 0 Å². The van der Waals surface area contributed by atoms with Gasteiger partial charge in [-0.25, -0.2) is 13.2 Å². The van der Waals surface area contributed by atoms with E-state index >= 15 is 0 Å². The van der Waals surface area contributed by atoms with Crippen LogP contribution in [0, 0.1) is 17.5 Å². The third kappa shape index (κ3) is 4.73. The van der Waals surface area contributed by atoms with Gasteiger partial charge in [0.2, 0.25) is 0 Å². The molecule has 142 valence electrons. The Labute approximate surface area is 158 Å². The lowest BCUT2D eigenvalue weighted by molar-refractivity contribution is 0.0946. The number of hydrogen-bond acceptors (Lipinski definition) is 3. The highest BCUT2D eigenvalue weighted by molar-refractivity contribution is 6.05. The van der Waals surface area contributed by atoms with Gasteiger partial charge in [-0.2, -0.15) is 0 Å². The van der Waals surface area contributed by atoms with Crippen molar-refractivity contribution in [3.05, 3.63) is 95.1 Å². The molecule has 3 rings (SSSR count). The molecular formula is C20H14F3N3O2. The zero-order valence-electron chi connectivity index (χ0n) is 14.4. The topological polar surface area (TPSA) is 71.1 Å². The van der Waals surface area contributed by atoms with E-state index in [4.69, 9.17) is 0 Å². The SMILES string of the molecule is O=C(Nc1ccc(F)cc1F)c1ccnc(C(=O)NCc2ccc(F)cc2)c1. The average Bonchev–Trinajstić information content (AvgIpc) is 2.69. The molecule has 0 spiro atoms. The van der Waals surface area contributed by atoms with Crippen LogP contribution in [0.2, 0.25) is 0 Å². The molecule has 28 heavy (non-hydrogen) atoms. The molecule has 0 saturated heterocycles. The lowest BCUT2D eigenvalue weighted by atomic mass is 10.2. The number of amides is 2. The van der Waals surface area contributed by atoms with E-state index in [2.05, 4.69) is 15.6 Å². The molecule has 0 aliphatic rings. The van der Waals surface area contributed by atoms with E-state index in [0.29, 0.717) is 11.6 Å². The number of carbonyl (C=O) groups excluding carboxylic acids is 2. The molecule has 5 nitrogen and oxygen atoms in total. The number of nitrogens with zero attached hydrogens (tertiary/aromatic N) is 1. The van der Waals surface area contributed by atoms with Gasteiger partial charge in [0, 0.05) is 24.4 Å². The molecule has 0 aliphatic heterocycles. The molecule has 0 aliphatic carbocycles. The van der Waals surface area contributed by atoms with E-state index in [-0.39, 0.29) is 29.3 Å². The monoisotopic (exact) mass is 385 g/mol. The van der Waals surface area contributed by atoms with E-state index < -0.39 is 23.4 Å². The van der Waals surface area contributed by atoms with Crippen LogP contribution in [0.5, 0.6) is 0 Å². The molecule has 1 heterocycles. The Bertz CT molecular complexity index is 1020. The number of benzene rings is 2. The minimum Gasteiger partial charge on any atom is -0.347 e. The molecule has 3 aromatic rings. The third-order valence-electron chi connectivity index (χ3n) is 3.80. The fraction of sp³-hybridized carbons (Fsp3) is 0.0500. The molecule has 8 heteroatoms. The molecular weight excluding hydrogens is 371 g/mol. The van der Waals surface area contributed by atoms with E-state index in [0.717, 1.165) is 12.1 Å². The second-order valence-electron chi connectivity index (χ2n) is 5.82. The van der Waals surface area contributed by atoms with Crippen molar-refractivity contribution in [2.75, 3.05) is 5.32 Å².